The Hall–Kier alpha value is -2.56. The molecule has 1 unspecified atom stereocenters. The molecule has 1 heterocycles. The summed E-state index contributed by atoms with van der Waals surface area (Å²) < 4.78 is 40.9. The van der Waals surface area contributed by atoms with Crippen LogP contribution in [0.2, 0.25) is 0 Å². The Morgan fingerprint density at radius 3 is 2.54 bits per heavy atom. The molecule has 0 spiro atoms. The van der Waals surface area contributed by atoms with Crippen LogP contribution in [0.3, 0.4) is 0 Å². The van der Waals surface area contributed by atoms with E-state index in [1.165, 1.54) is 12.1 Å². The van der Waals surface area contributed by atoms with Crippen molar-refractivity contribution < 1.29 is 18.0 Å². The van der Waals surface area contributed by atoms with Crippen molar-refractivity contribution in [3.05, 3.63) is 71.4 Å². The van der Waals surface area contributed by atoms with Crippen molar-refractivity contribution in [2.24, 2.45) is 0 Å². The van der Waals surface area contributed by atoms with E-state index in [1.54, 1.807) is 6.20 Å². The largest absolute Gasteiger partial charge is 0.416 e. The number of benzene rings is 2. The third kappa shape index (κ3) is 3.39. The number of halogens is 3. The number of carbonyl (C=O) groups excluding carboxylic acids is 1. The summed E-state index contributed by atoms with van der Waals surface area (Å²) >= 11 is 0. The van der Waals surface area contributed by atoms with Gasteiger partial charge in [-0.25, -0.2) is 0 Å². The number of ketones is 1. The molecule has 0 aliphatic heterocycles. The first-order chi connectivity index (χ1) is 12.3. The Morgan fingerprint density at radius 1 is 1.12 bits per heavy atom. The highest BCUT2D eigenvalue weighted by atomic mass is 19.4. The average Bonchev–Trinajstić information content (AvgIpc) is 3.00. The summed E-state index contributed by atoms with van der Waals surface area (Å²) in [5.74, 6) is -0.394. The van der Waals surface area contributed by atoms with Gasteiger partial charge in [0.15, 0.2) is 5.78 Å². The number of nitrogens with zero attached hydrogens (tertiary/aromatic N) is 1. The fourth-order valence-electron chi connectivity index (χ4n) is 3.30. The minimum atomic E-state index is -4.47. The van der Waals surface area contributed by atoms with Crippen molar-refractivity contribution in [3.63, 3.8) is 0 Å². The normalized spacial score (nSPS) is 13.1. The van der Waals surface area contributed by atoms with Crippen molar-refractivity contribution >= 4 is 16.7 Å². The summed E-state index contributed by atoms with van der Waals surface area (Å²) in [5, 5.41) is 0.762. The van der Waals surface area contributed by atoms with Crippen molar-refractivity contribution in [2.75, 3.05) is 0 Å². The van der Waals surface area contributed by atoms with Crippen LogP contribution in [0.25, 0.3) is 10.9 Å². The van der Waals surface area contributed by atoms with E-state index in [2.05, 4.69) is 13.8 Å². The molecule has 26 heavy (non-hydrogen) atoms. The maximum Gasteiger partial charge on any atom is 0.416 e. The summed E-state index contributed by atoms with van der Waals surface area (Å²) in [7, 11) is 0. The molecule has 1 aromatic heterocycles. The molecule has 0 radical (unpaired) electrons. The SMILES string of the molecule is CCCC(C)n1cc(C(=O)c2cccc(C(F)(F)F)c2)c2ccccc21. The minimum Gasteiger partial charge on any atom is -0.344 e. The molecule has 2 nitrogen and oxygen atoms in total. The van der Waals surface area contributed by atoms with Crippen molar-refractivity contribution in [1.82, 2.24) is 4.57 Å². The van der Waals surface area contributed by atoms with Crippen LogP contribution in [0.4, 0.5) is 13.2 Å². The predicted molar refractivity (Wildman–Crippen MR) is 96.4 cm³/mol. The number of para-hydroxylation sites is 1. The molecule has 0 amide bonds. The maximum atomic E-state index is 13.0. The maximum absolute atomic E-state index is 13.0. The van der Waals surface area contributed by atoms with Gasteiger partial charge in [0.1, 0.15) is 0 Å². The van der Waals surface area contributed by atoms with E-state index in [0.717, 1.165) is 35.9 Å². The standard InChI is InChI=1S/C21H20F3NO/c1-3-7-14(2)25-13-18(17-10-4-5-11-19(17)25)20(26)15-8-6-9-16(12-15)21(22,23)24/h4-6,8-14H,3,7H2,1-2H3. The molecule has 0 aliphatic carbocycles. The Bertz CT molecular complexity index is 940. The lowest BCUT2D eigenvalue weighted by Crippen LogP contribution is -2.08. The lowest BCUT2D eigenvalue weighted by Gasteiger charge is -2.13. The van der Waals surface area contributed by atoms with Crippen LogP contribution in [0.15, 0.2) is 54.7 Å². The first-order valence-corrected chi connectivity index (χ1v) is 8.64. The summed E-state index contributed by atoms with van der Waals surface area (Å²) in [6.07, 6.45) is -0.742. The third-order valence-corrected chi connectivity index (χ3v) is 4.62. The van der Waals surface area contributed by atoms with Gasteiger partial charge < -0.3 is 4.57 Å². The van der Waals surface area contributed by atoms with Crippen LogP contribution in [-0.4, -0.2) is 10.4 Å². The van der Waals surface area contributed by atoms with E-state index in [0.29, 0.717) is 5.56 Å². The van der Waals surface area contributed by atoms with Gasteiger partial charge in [-0.05, 0) is 31.5 Å². The fraction of sp³-hybridized carbons (Fsp3) is 0.286. The predicted octanol–water partition coefficient (Wildman–Crippen LogP) is 6.25. The van der Waals surface area contributed by atoms with Crippen LogP contribution in [0.1, 0.15) is 54.2 Å². The molecule has 3 rings (SSSR count). The molecule has 1 atom stereocenters. The second kappa shape index (κ2) is 6.98. The Kier molecular flexibility index (Phi) is 4.90. The monoisotopic (exact) mass is 359 g/mol. The highest BCUT2D eigenvalue weighted by Crippen LogP contribution is 2.32. The summed E-state index contributed by atoms with van der Waals surface area (Å²) in [6.45, 7) is 4.17. The van der Waals surface area contributed by atoms with Gasteiger partial charge in [0, 0.05) is 34.3 Å². The molecule has 0 fully saturated rings. The third-order valence-electron chi connectivity index (χ3n) is 4.62. The number of rotatable bonds is 5. The van der Waals surface area contributed by atoms with Crippen molar-refractivity contribution in [1.29, 1.82) is 0 Å². The van der Waals surface area contributed by atoms with E-state index in [9.17, 15) is 18.0 Å². The molecule has 5 heteroatoms. The average molecular weight is 359 g/mol. The van der Waals surface area contributed by atoms with E-state index < -0.39 is 17.5 Å². The summed E-state index contributed by atoms with van der Waals surface area (Å²) in [6, 6.07) is 12.3. The molecular weight excluding hydrogens is 339 g/mol. The van der Waals surface area contributed by atoms with E-state index in [-0.39, 0.29) is 11.6 Å². The summed E-state index contributed by atoms with van der Waals surface area (Å²) in [4.78, 5) is 13.0. The number of fused-ring (bicyclic) bond motifs is 1. The molecular formula is C21H20F3NO. The number of hydrogen-bond donors (Lipinski definition) is 0. The number of carbonyl (C=O) groups is 1. The minimum absolute atomic E-state index is 0.0471. The van der Waals surface area contributed by atoms with E-state index >= 15 is 0 Å². The molecule has 0 N–H and O–H groups in total. The van der Waals surface area contributed by atoms with E-state index in [1.807, 2.05) is 28.8 Å². The van der Waals surface area contributed by atoms with Gasteiger partial charge in [0.25, 0.3) is 0 Å². The van der Waals surface area contributed by atoms with Crippen LogP contribution >= 0.6 is 0 Å². The lowest BCUT2D eigenvalue weighted by atomic mass is 10.0. The van der Waals surface area contributed by atoms with Gasteiger partial charge >= 0.3 is 6.18 Å². The molecule has 0 saturated carbocycles. The zero-order chi connectivity index (χ0) is 18.9. The number of alkyl halides is 3. The summed E-state index contributed by atoms with van der Waals surface area (Å²) in [5.41, 5.74) is 0.587. The van der Waals surface area contributed by atoms with E-state index in [4.69, 9.17) is 0 Å². The highest BCUT2D eigenvalue weighted by Gasteiger charge is 2.31. The highest BCUT2D eigenvalue weighted by molar-refractivity contribution is 6.16. The van der Waals surface area contributed by atoms with Crippen LogP contribution < -0.4 is 0 Å². The lowest BCUT2D eigenvalue weighted by molar-refractivity contribution is -0.137. The van der Waals surface area contributed by atoms with Crippen molar-refractivity contribution in [3.8, 4) is 0 Å². The molecule has 2 aromatic carbocycles. The topological polar surface area (TPSA) is 22.0 Å². The van der Waals surface area contributed by atoms with Gasteiger partial charge in [-0.1, -0.05) is 43.7 Å². The fourth-order valence-corrected chi connectivity index (χ4v) is 3.30. The van der Waals surface area contributed by atoms with Crippen molar-refractivity contribution in [2.45, 2.75) is 38.9 Å². The van der Waals surface area contributed by atoms with Gasteiger partial charge in [-0.15, -0.1) is 0 Å². The Morgan fingerprint density at radius 2 is 1.85 bits per heavy atom. The van der Waals surface area contributed by atoms with Gasteiger partial charge in [-0.3, -0.25) is 4.79 Å². The number of aromatic nitrogens is 1. The van der Waals surface area contributed by atoms with Gasteiger partial charge in [0.2, 0.25) is 0 Å². The quantitative estimate of drug-likeness (QED) is 0.493. The van der Waals surface area contributed by atoms with Crippen LogP contribution in [0, 0.1) is 0 Å². The second-order valence-corrected chi connectivity index (χ2v) is 6.51. The van der Waals surface area contributed by atoms with Gasteiger partial charge in [-0.2, -0.15) is 13.2 Å². The zero-order valence-corrected chi connectivity index (χ0v) is 14.7. The van der Waals surface area contributed by atoms with Crippen LogP contribution in [0.5, 0.6) is 0 Å². The Labute approximate surface area is 150 Å². The molecule has 0 aliphatic rings. The molecule has 0 bridgehead atoms. The zero-order valence-electron chi connectivity index (χ0n) is 14.7. The second-order valence-electron chi connectivity index (χ2n) is 6.51. The van der Waals surface area contributed by atoms with Gasteiger partial charge in [0.05, 0.1) is 5.56 Å². The smallest absolute Gasteiger partial charge is 0.344 e. The molecule has 0 saturated heterocycles. The first-order valence-electron chi connectivity index (χ1n) is 8.64. The number of hydrogen-bond acceptors (Lipinski definition) is 1. The Balaban J connectivity index is 2.10. The van der Waals surface area contributed by atoms with Crippen LogP contribution in [-0.2, 0) is 6.18 Å². The molecule has 3 aromatic rings. The first kappa shape index (κ1) is 18.2. The molecule has 136 valence electrons.